The molecular weight excluding hydrogens is 435 g/mol. The molecule has 2 aromatic rings. The standard InChI is InChI=1S/C24H30Cl2N2O3/c1-5-12-27-24(30)17(4)28(14-18-10-11-20(25)21(26)13-18)23(29)15-31-22-9-7-6-8-19(22)16(2)3/h6-11,13,16-17H,5,12,14-15H2,1-4H3,(H,27,30). The number of nitrogens with zero attached hydrogens (tertiary/aromatic N) is 1. The highest BCUT2D eigenvalue weighted by Gasteiger charge is 2.26. The molecule has 0 heterocycles. The number of hydrogen-bond donors (Lipinski definition) is 1. The lowest BCUT2D eigenvalue weighted by atomic mass is 10.0. The van der Waals surface area contributed by atoms with Gasteiger partial charge in [-0.05, 0) is 48.6 Å². The molecule has 0 spiro atoms. The third-order valence-electron chi connectivity index (χ3n) is 4.95. The molecular formula is C24H30Cl2N2O3. The Labute approximate surface area is 194 Å². The quantitative estimate of drug-likeness (QED) is 0.509. The fraction of sp³-hybridized carbons (Fsp3) is 0.417. The van der Waals surface area contributed by atoms with Gasteiger partial charge in [0.1, 0.15) is 11.8 Å². The number of amides is 2. The minimum absolute atomic E-state index is 0.170. The van der Waals surface area contributed by atoms with Crippen molar-refractivity contribution in [1.29, 1.82) is 0 Å². The van der Waals surface area contributed by atoms with Crippen LogP contribution >= 0.6 is 23.2 Å². The molecule has 1 atom stereocenters. The molecule has 31 heavy (non-hydrogen) atoms. The highest BCUT2D eigenvalue weighted by molar-refractivity contribution is 6.42. The lowest BCUT2D eigenvalue weighted by Crippen LogP contribution is -2.49. The largest absolute Gasteiger partial charge is 0.483 e. The number of ether oxygens (including phenoxy) is 1. The average molecular weight is 465 g/mol. The zero-order chi connectivity index (χ0) is 23.0. The molecule has 5 nitrogen and oxygen atoms in total. The topological polar surface area (TPSA) is 58.6 Å². The molecule has 0 aliphatic heterocycles. The van der Waals surface area contributed by atoms with Crippen LogP contribution in [-0.2, 0) is 16.1 Å². The minimum atomic E-state index is -0.669. The van der Waals surface area contributed by atoms with Crippen LogP contribution in [-0.4, -0.2) is 35.9 Å². The first-order valence-electron chi connectivity index (χ1n) is 10.5. The van der Waals surface area contributed by atoms with Crippen LogP contribution in [0.5, 0.6) is 5.75 Å². The van der Waals surface area contributed by atoms with Crippen LogP contribution in [0.4, 0.5) is 0 Å². The van der Waals surface area contributed by atoms with E-state index in [1.807, 2.05) is 31.2 Å². The van der Waals surface area contributed by atoms with Crippen molar-refractivity contribution >= 4 is 35.0 Å². The first kappa shape index (κ1) is 25.0. The van der Waals surface area contributed by atoms with Crippen LogP contribution in [0.3, 0.4) is 0 Å². The lowest BCUT2D eigenvalue weighted by molar-refractivity contribution is -0.142. The Morgan fingerprint density at radius 2 is 1.77 bits per heavy atom. The SMILES string of the molecule is CCCNC(=O)C(C)N(Cc1ccc(Cl)c(Cl)c1)C(=O)COc1ccccc1C(C)C. The minimum Gasteiger partial charge on any atom is -0.483 e. The summed E-state index contributed by atoms with van der Waals surface area (Å²) in [6.07, 6.45) is 0.814. The van der Waals surface area contributed by atoms with Crippen molar-refractivity contribution in [3.63, 3.8) is 0 Å². The Morgan fingerprint density at radius 3 is 2.42 bits per heavy atom. The summed E-state index contributed by atoms with van der Waals surface area (Å²) in [5, 5.41) is 3.69. The third kappa shape index (κ3) is 7.15. The second-order valence-electron chi connectivity index (χ2n) is 7.72. The van der Waals surface area contributed by atoms with E-state index in [2.05, 4.69) is 19.2 Å². The van der Waals surface area contributed by atoms with Gasteiger partial charge in [0.05, 0.1) is 10.0 Å². The van der Waals surface area contributed by atoms with Gasteiger partial charge in [0.15, 0.2) is 6.61 Å². The summed E-state index contributed by atoms with van der Waals surface area (Å²) < 4.78 is 5.86. The van der Waals surface area contributed by atoms with E-state index in [0.29, 0.717) is 22.3 Å². The normalized spacial score (nSPS) is 11.8. The molecule has 2 rings (SSSR count). The molecule has 168 valence electrons. The Bertz CT molecular complexity index is 902. The molecule has 0 bridgehead atoms. The Morgan fingerprint density at radius 1 is 1.06 bits per heavy atom. The van der Waals surface area contributed by atoms with Gasteiger partial charge < -0.3 is 15.0 Å². The van der Waals surface area contributed by atoms with Gasteiger partial charge in [-0.15, -0.1) is 0 Å². The molecule has 0 fully saturated rings. The fourth-order valence-electron chi connectivity index (χ4n) is 3.12. The van der Waals surface area contributed by atoms with Crippen molar-refractivity contribution < 1.29 is 14.3 Å². The van der Waals surface area contributed by atoms with E-state index >= 15 is 0 Å². The number of para-hydroxylation sites is 1. The van der Waals surface area contributed by atoms with E-state index in [9.17, 15) is 9.59 Å². The zero-order valence-electron chi connectivity index (χ0n) is 18.5. The first-order chi connectivity index (χ1) is 14.7. The van der Waals surface area contributed by atoms with E-state index in [4.69, 9.17) is 27.9 Å². The fourth-order valence-corrected chi connectivity index (χ4v) is 3.45. The van der Waals surface area contributed by atoms with Crippen LogP contribution in [0.15, 0.2) is 42.5 Å². The van der Waals surface area contributed by atoms with E-state index < -0.39 is 6.04 Å². The smallest absolute Gasteiger partial charge is 0.261 e. The highest BCUT2D eigenvalue weighted by Crippen LogP contribution is 2.26. The average Bonchev–Trinajstić information content (AvgIpc) is 2.76. The molecule has 0 aliphatic carbocycles. The maximum atomic E-state index is 13.1. The molecule has 0 saturated heterocycles. The second-order valence-corrected chi connectivity index (χ2v) is 8.53. The Kier molecular flexibility index (Phi) is 9.66. The van der Waals surface area contributed by atoms with Crippen LogP contribution in [0.1, 0.15) is 51.2 Å². The lowest BCUT2D eigenvalue weighted by Gasteiger charge is -2.29. The molecule has 2 aromatic carbocycles. The molecule has 0 aliphatic rings. The maximum Gasteiger partial charge on any atom is 0.261 e. The van der Waals surface area contributed by atoms with Crippen LogP contribution in [0.2, 0.25) is 10.0 Å². The van der Waals surface area contributed by atoms with E-state index in [0.717, 1.165) is 17.5 Å². The van der Waals surface area contributed by atoms with Crippen molar-refractivity contribution in [2.24, 2.45) is 0 Å². The van der Waals surface area contributed by atoms with Gasteiger partial charge in [-0.1, -0.05) is 68.2 Å². The van der Waals surface area contributed by atoms with Gasteiger partial charge in [-0.2, -0.15) is 0 Å². The molecule has 0 saturated carbocycles. The number of hydrogen-bond acceptors (Lipinski definition) is 3. The number of halogens is 2. The van der Waals surface area contributed by atoms with Gasteiger partial charge in [0.2, 0.25) is 5.91 Å². The van der Waals surface area contributed by atoms with Gasteiger partial charge >= 0.3 is 0 Å². The van der Waals surface area contributed by atoms with Crippen LogP contribution in [0.25, 0.3) is 0 Å². The third-order valence-corrected chi connectivity index (χ3v) is 5.68. The van der Waals surface area contributed by atoms with E-state index in [1.165, 1.54) is 4.90 Å². The molecule has 1 N–H and O–H groups in total. The zero-order valence-corrected chi connectivity index (χ0v) is 20.0. The van der Waals surface area contributed by atoms with Crippen molar-refractivity contribution in [2.75, 3.05) is 13.2 Å². The predicted octanol–water partition coefficient (Wildman–Crippen LogP) is 5.44. The van der Waals surface area contributed by atoms with Crippen LogP contribution in [0, 0.1) is 0 Å². The number of benzene rings is 2. The van der Waals surface area contributed by atoms with Gasteiger partial charge in [0, 0.05) is 13.1 Å². The summed E-state index contributed by atoms with van der Waals surface area (Å²) in [5.41, 5.74) is 1.81. The van der Waals surface area contributed by atoms with Gasteiger partial charge in [0.25, 0.3) is 5.91 Å². The summed E-state index contributed by atoms with van der Waals surface area (Å²) in [5.74, 6) is 0.433. The Hall–Kier alpha value is -2.24. The number of nitrogens with one attached hydrogen (secondary N) is 1. The maximum absolute atomic E-state index is 13.1. The summed E-state index contributed by atoms with van der Waals surface area (Å²) in [4.78, 5) is 27.2. The molecule has 2 amide bonds. The monoisotopic (exact) mass is 464 g/mol. The first-order valence-corrected chi connectivity index (χ1v) is 11.2. The van der Waals surface area contributed by atoms with E-state index in [1.54, 1.807) is 25.1 Å². The second kappa shape index (κ2) is 12.0. The summed E-state index contributed by atoms with van der Waals surface area (Å²) in [7, 11) is 0. The number of carbonyl (C=O) groups excluding carboxylic acids is 2. The summed E-state index contributed by atoms with van der Waals surface area (Å²) in [6, 6.07) is 12.2. The van der Waals surface area contributed by atoms with Crippen molar-refractivity contribution in [3.05, 3.63) is 63.6 Å². The van der Waals surface area contributed by atoms with Crippen LogP contribution < -0.4 is 10.1 Å². The molecule has 1 unspecified atom stereocenters. The van der Waals surface area contributed by atoms with Gasteiger partial charge in [-0.3, -0.25) is 9.59 Å². The summed E-state index contributed by atoms with van der Waals surface area (Å²) >= 11 is 12.1. The number of rotatable bonds is 10. The van der Waals surface area contributed by atoms with Crippen molar-refractivity contribution in [3.8, 4) is 5.75 Å². The Balaban J connectivity index is 2.20. The molecule has 0 radical (unpaired) electrons. The van der Waals surface area contributed by atoms with Crippen molar-refractivity contribution in [2.45, 2.75) is 52.6 Å². The van der Waals surface area contributed by atoms with Gasteiger partial charge in [-0.25, -0.2) is 0 Å². The highest BCUT2D eigenvalue weighted by atomic mass is 35.5. The van der Waals surface area contributed by atoms with Crippen molar-refractivity contribution in [1.82, 2.24) is 10.2 Å². The predicted molar refractivity (Wildman–Crippen MR) is 126 cm³/mol. The van der Waals surface area contributed by atoms with E-state index in [-0.39, 0.29) is 30.9 Å². The number of carbonyl (C=O) groups is 2. The molecule has 0 aromatic heterocycles. The summed E-state index contributed by atoms with van der Waals surface area (Å²) in [6.45, 7) is 8.42. The molecule has 7 heteroatoms.